The highest BCUT2D eigenvalue weighted by molar-refractivity contribution is 7.13. The van der Waals surface area contributed by atoms with E-state index >= 15 is 0 Å². The molecule has 1 atom stereocenters. The summed E-state index contributed by atoms with van der Waals surface area (Å²) in [5.41, 5.74) is 7.79. The lowest BCUT2D eigenvalue weighted by Gasteiger charge is -2.13. The number of anilines is 1. The Balaban J connectivity index is 1.70. The average Bonchev–Trinajstić information content (AvgIpc) is 3.22. The van der Waals surface area contributed by atoms with Gasteiger partial charge in [0.05, 0.1) is 11.6 Å². The number of aromatic nitrogens is 1. The van der Waals surface area contributed by atoms with Crippen molar-refractivity contribution >= 4 is 22.4 Å². The van der Waals surface area contributed by atoms with Crippen LogP contribution < -0.4 is 11.1 Å². The molecular formula is C15H17N3OS. The zero-order valence-corrected chi connectivity index (χ0v) is 11.9. The van der Waals surface area contributed by atoms with E-state index in [9.17, 15) is 4.79 Å². The molecule has 0 spiro atoms. The highest BCUT2D eigenvalue weighted by Gasteiger charge is 2.27. The van der Waals surface area contributed by atoms with E-state index in [-0.39, 0.29) is 18.4 Å². The maximum absolute atomic E-state index is 12.3. The van der Waals surface area contributed by atoms with Crippen molar-refractivity contribution in [3.63, 3.8) is 0 Å². The van der Waals surface area contributed by atoms with E-state index in [2.05, 4.69) is 10.3 Å². The molecule has 0 saturated heterocycles. The molecule has 104 valence electrons. The van der Waals surface area contributed by atoms with Crippen molar-refractivity contribution in [1.82, 2.24) is 4.98 Å². The van der Waals surface area contributed by atoms with E-state index < -0.39 is 0 Å². The van der Waals surface area contributed by atoms with Gasteiger partial charge in [-0.05, 0) is 18.4 Å². The Morgan fingerprint density at radius 3 is 2.80 bits per heavy atom. The van der Waals surface area contributed by atoms with E-state index in [4.69, 9.17) is 5.73 Å². The van der Waals surface area contributed by atoms with Crippen molar-refractivity contribution in [3.8, 4) is 0 Å². The summed E-state index contributed by atoms with van der Waals surface area (Å²) in [6.07, 6.45) is 2.43. The van der Waals surface area contributed by atoms with Crippen LogP contribution in [0.4, 0.5) is 5.13 Å². The van der Waals surface area contributed by atoms with E-state index in [1.807, 2.05) is 35.7 Å². The standard InChI is InChI=1S/C15H17N3OS/c16-8-12(10-4-2-1-3-5-10)14(19)18-15-17-13(9-20-15)11-6-7-11/h1-5,9,11-12H,6-8,16H2,(H,17,18,19). The number of nitrogens with zero attached hydrogens (tertiary/aromatic N) is 1. The van der Waals surface area contributed by atoms with Crippen molar-refractivity contribution in [3.05, 3.63) is 47.0 Å². The lowest BCUT2D eigenvalue weighted by atomic mass is 9.99. The summed E-state index contributed by atoms with van der Waals surface area (Å²) in [5, 5.41) is 5.59. The van der Waals surface area contributed by atoms with Gasteiger partial charge in [-0.3, -0.25) is 4.79 Å². The van der Waals surface area contributed by atoms with Crippen LogP contribution in [0.5, 0.6) is 0 Å². The molecule has 1 fully saturated rings. The van der Waals surface area contributed by atoms with Gasteiger partial charge in [0.15, 0.2) is 5.13 Å². The predicted octanol–water partition coefficient (Wildman–Crippen LogP) is 2.70. The zero-order valence-electron chi connectivity index (χ0n) is 11.1. The Morgan fingerprint density at radius 1 is 1.40 bits per heavy atom. The smallest absolute Gasteiger partial charge is 0.234 e. The van der Waals surface area contributed by atoms with Crippen LogP contribution in [-0.4, -0.2) is 17.4 Å². The summed E-state index contributed by atoms with van der Waals surface area (Å²) in [6, 6.07) is 9.61. The fourth-order valence-electron chi connectivity index (χ4n) is 2.18. The lowest BCUT2D eigenvalue weighted by Crippen LogP contribution is -2.27. The Morgan fingerprint density at radius 2 is 2.15 bits per heavy atom. The first-order chi connectivity index (χ1) is 9.78. The summed E-state index contributed by atoms with van der Waals surface area (Å²) < 4.78 is 0. The van der Waals surface area contributed by atoms with Crippen LogP contribution in [0.3, 0.4) is 0 Å². The van der Waals surface area contributed by atoms with Crippen molar-refractivity contribution in [2.75, 3.05) is 11.9 Å². The number of benzene rings is 1. The molecule has 0 aliphatic heterocycles. The van der Waals surface area contributed by atoms with Gasteiger partial charge in [-0.1, -0.05) is 30.3 Å². The summed E-state index contributed by atoms with van der Waals surface area (Å²) >= 11 is 1.49. The summed E-state index contributed by atoms with van der Waals surface area (Å²) in [7, 11) is 0. The molecule has 3 N–H and O–H groups in total. The second kappa shape index (κ2) is 5.73. The molecule has 20 heavy (non-hydrogen) atoms. The van der Waals surface area contributed by atoms with Crippen LogP contribution in [0.1, 0.15) is 35.9 Å². The summed E-state index contributed by atoms with van der Waals surface area (Å²) in [4.78, 5) is 16.8. The number of thiazole rings is 1. The summed E-state index contributed by atoms with van der Waals surface area (Å²) in [5.74, 6) is 0.191. The van der Waals surface area contributed by atoms with Crippen LogP contribution in [-0.2, 0) is 4.79 Å². The van der Waals surface area contributed by atoms with Gasteiger partial charge in [0.1, 0.15) is 0 Å². The molecule has 3 rings (SSSR count). The molecule has 1 aliphatic carbocycles. The van der Waals surface area contributed by atoms with Crippen molar-refractivity contribution in [2.45, 2.75) is 24.7 Å². The molecule has 4 nitrogen and oxygen atoms in total. The Bertz CT molecular complexity index is 592. The molecule has 1 unspecified atom stereocenters. The first kappa shape index (κ1) is 13.3. The molecule has 0 radical (unpaired) electrons. The maximum atomic E-state index is 12.3. The number of hydrogen-bond donors (Lipinski definition) is 2. The number of carbonyl (C=O) groups is 1. The van der Waals surface area contributed by atoms with Crippen molar-refractivity contribution in [1.29, 1.82) is 0 Å². The van der Waals surface area contributed by atoms with E-state index in [1.54, 1.807) is 0 Å². The van der Waals surface area contributed by atoms with Crippen LogP contribution in [0.15, 0.2) is 35.7 Å². The maximum Gasteiger partial charge on any atom is 0.234 e. The Labute approximate surface area is 122 Å². The van der Waals surface area contributed by atoms with E-state index in [1.165, 1.54) is 24.2 Å². The summed E-state index contributed by atoms with van der Waals surface area (Å²) in [6.45, 7) is 0.288. The molecule has 2 aromatic rings. The number of rotatable bonds is 5. The van der Waals surface area contributed by atoms with Gasteiger partial charge in [0, 0.05) is 17.8 Å². The third kappa shape index (κ3) is 2.89. The highest BCUT2D eigenvalue weighted by atomic mass is 32.1. The fraction of sp³-hybridized carbons (Fsp3) is 0.333. The van der Waals surface area contributed by atoms with Crippen LogP contribution in [0, 0.1) is 0 Å². The zero-order chi connectivity index (χ0) is 13.9. The van der Waals surface area contributed by atoms with Gasteiger partial charge in [0.25, 0.3) is 0 Å². The lowest BCUT2D eigenvalue weighted by molar-refractivity contribution is -0.117. The van der Waals surface area contributed by atoms with Gasteiger partial charge >= 0.3 is 0 Å². The molecular weight excluding hydrogens is 270 g/mol. The number of hydrogen-bond acceptors (Lipinski definition) is 4. The quantitative estimate of drug-likeness (QED) is 0.888. The predicted molar refractivity (Wildman–Crippen MR) is 81.0 cm³/mol. The molecule has 1 aliphatic rings. The van der Waals surface area contributed by atoms with Gasteiger partial charge < -0.3 is 11.1 Å². The van der Waals surface area contributed by atoms with E-state index in [0.29, 0.717) is 11.0 Å². The minimum absolute atomic E-state index is 0.0876. The SMILES string of the molecule is NCC(C(=O)Nc1nc(C2CC2)cs1)c1ccccc1. The topological polar surface area (TPSA) is 68.0 Å². The highest BCUT2D eigenvalue weighted by Crippen LogP contribution is 2.40. The minimum Gasteiger partial charge on any atom is -0.329 e. The van der Waals surface area contributed by atoms with Gasteiger partial charge in [-0.25, -0.2) is 4.98 Å². The number of nitrogens with two attached hydrogens (primary N) is 1. The monoisotopic (exact) mass is 287 g/mol. The van der Waals surface area contributed by atoms with E-state index in [0.717, 1.165) is 11.3 Å². The number of nitrogens with one attached hydrogen (secondary N) is 1. The third-order valence-corrected chi connectivity index (χ3v) is 4.28. The second-order valence-electron chi connectivity index (χ2n) is 5.04. The molecule has 0 bridgehead atoms. The van der Waals surface area contributed by atoms with Gasteiger partial charge in [0.2, 0.25) is 5.91 Å². The van der Waals surface area contributed by atoms with Crippen molar-refractivity contribution in [2.24, 2.45) is 5.73 Å². The second-order valence-corrected chi connectivity index (χ2v) is 5.90. The molecule has 1 aromatic heterocycles. The molecule has 5 heteroatoms. The van der Waals surface area contributed by atoms with Crippen LogP contribution >= 0.6 is 11.3 Å². The van der Waals surface area contributed by atoms with Gasteiger partial charge in [-0.2, -0.15) is 0 Å². The Hall–Kier alpha value is -1.72. The fourth-order valence-corrected chi connectivity index (χ4v) is 2.98. The Kier molecular flexibility index (Phi) is 3.80. The molecule has 1 aromatic carbocycles. The first-order valence-corrected chi connectivity index (χ1v) is 7.67. The van der Waals surface area contributed by atoms with Crippen LogP contribution in [0.2, 0.25) is 0 Å². The van der Waals surface area contributed by atoms with Crippen LogP contribution in [0.25, 0.3) is 0 Å². The minimum atomic E-state index is -0.329. The largest absolute Gasteiger partial charge is 0.329 e. The van der Waals surface area contributed by atoms with Gasteiger partial charge in [-0.15, -0.1) is 11.3 Å². The molecule has 1 saturated carbocycles. The first-order valence-electron chi connectivity index (χ1n) is 6.79. The average molecular weight is 287 g/mol. The van der Waals surface area contributed by atoms with Crippen molar-refractivity contribution < 1.29 is 4.79 Å². The number of carbonyl (C=O) groups excluding carboxylic acids is 1. The molecule has 1 heterocycles. The normalized spacial score (nSPS) is 15.8. The number of amides is 1. The third-order valence-electron chi connectivity index (χ3n) is 3.50. The molecule has 1 amide bonds.